The molecule has 0 aliphatic rings. The third kappa shape index (κ3) is 3.10. The molecule has 10 heteroatoms. The zero-order valence-electron chi connectivity index (χ0n) is 11.0. The Bertz CT molecular complexity index is 892. The highest BCUT2D eigenvalue weighted by molar-refractivity contribution is 7.99. The van der Waals surface area contributed by atoms with E-state index < -0.39 is 0 Å². The summed E-state index contributed by atoms with van der Waals surface area (Å²) in [6.07, 6.45) is 2.92. The molecule has 3 aromatic rings. The van der Waals surface area contributed by atoms with Gasteiger partial charge in [0, 0.05) is 6.20 Å². The second kappa shape index (κ2) is 6.16. The van der Waals surface area contributed by atoms with Crippen LogP contribution < -0.4 is 10.9 Å². The van der Waals surface area contributed by atoms with E-state index in [0.717, 1.165) is 11.8 Å². The molecule has 3 aromatic heterocycles. The number of fused-ring (bicyclic) bond motifs is 1. The first-order chi connectivity index (χ1) is 10.6. The molecule has 3 rings (SSSR count). The van der Waals surface area contributed by atoms with Crippen molar-refractivity contribution in [3.8, 4) is 0 Å². The number of aromatic amines is 2. The molecule has 0 bridgehead atoms. The van der Waals surface area contributed by atoms with Crippen LogP contribution in [-0.2, 0) is 4.79 Å². The molecule has 3 heterocycles. The van der Waals surface area contributed by atoms with Gasteiger partial charge in [0.2, 0.25) is 5.91 Å². The number of nitrogens with zero attached hydrogens (tertiary/aromatic N) is 3. The van der Waals surface area contributed by atoms with Crippen LogP contribution in [0.4, 0.5) is 5.69 Å². The Morgan fingerprint density at radius 3 is 3.09 bits per heavy atom. The lowest BCUT2D eigenvalue weighted by Crippen LogP contribution is -2.16. The standard InChI is InChI=1S/C12H9ClN6O2S/c13-9-6(2-1-3-14-9)17-7(20)4-22-12-18-10-8(11(21)19-12)15-5-16-10/h1-3,5H,4H2,(H,17,20)(H2,15,16,18,19,21). The summed E-state index contributed by atoms with van der Waals surface area (Å²) >= 11 is 6.94. The van der Waals surface area contributed by atoms with Crippen LogP contribution in [0, 0.1) is 0 Å². The fourth-order valence-corrected chi connectivity index (χ4v) is 2.51. The van der Waals surface area contributed by atoms with Crippen LogP contribution in [0.5, 0.6) is 0 Å². The molecule has 0 unspecified atom stereocenters. The maximum Gasteiger partial charge on any atom is 0.277 e. The molecule has 8 nitrogen and oxygen atoms in total. The number of carbonyl (C=O) groups excluding carboxylic acids is 1. The SMILES string of the molecule is O=C(CSc1nc2nc[nH]c2c(=O)[nH]1)Nc1cccnc1Cl. The summed E-state index contributed by atoms with van der Waals surface area (Å²) in [5, 5.41) is 3.16. The third-order valence-electron chi connectivity index (χ3n) is 2.65. The third-order valence-corrected chi connectivity index (χ3v) is 3.82. The van der Waals surface area contributed by atoms with Gasteiger partial charge in [-0.3, -0.25) is 14.6 Å². The monoisotopic (exact) mass is 336 g/mol. The topological polar surface area (TPSA) is 116 Å². The van der Waals surface area contributed by atoms with Crippen molar-refractivity contribution in [3.05, 3.63) is 40.2 Å². The number of hydrogen-bond donors (Lipinski definition) is 3. The summed E-state index contributed by atoms with van der Waals surface area (Å²) in [6, 6.07) is 3.31. The first-order valence-corrected chi connectivity index (χ1v) is 7.46. The molecule has 0 saturated carbocycles. The minimum Gasteiger partial charge on any atom is -0.339 e. The van der Waals surface area contributed by atoms with Gasteiger partial charge >= 0.3 is 0 Å². The summed E-state index contributed by atoms with van der Waals surface area (Å²) in [4.78, 5) is 40.8. The van der Waals surface area contributed by atoms with Crippen LogP contribution >= 0.6 is 23.4 Å². The molecule has 0 spiro atoms. The minimum atomic E-state index is -0.333. The highest BCUT2D eigenvalue weighted by atomic mass is 35.5. The van der Waals surface area contributed by atoms with Crippen molar-refractivity contribution in [2.45, 2.75) is 5.16 Å². The van der Waals surface area contributed by atoms with Crippen molar-refractivity contribution in [3.63, 3.8) is 0 Å². The smallest absolute Gasteiger partial charge is 0.277 e. The predicted molar refractivity (Wildman–Crippen MR) is 83.1 cm³/mol. The summed E-state index contributed by atoms with van der Waals surface area (Å²) in [6.45, 7) is 0. The zero-order valence-corrected chi connectivity index (χ0v) is 12.5. The highest BCUT2D eigenvalue weighted by Crippen LogP contribution is 2.18. The predicted octanol–water partition coefficient (Wildman–Crippen LogP) is 1.43. The molecule has 3 N–H and O–H groups in total. The van der Waals surface area contributed by atoms with Gasteiger partial charge in [0.15, 0.2) is 21.5 Å². The largest absolute Gasteiger partial charge is 0.339 e. The molecular weight excluding hydrogens is 328 g/mol. The number of amides is 1. The van der Waals surface area contributed by atoms with E-state index in [1.807, 2.05) is 0 Å². The van der Waals surface area contributed by atoms with E-state index in [4.69, 9.17) is 11.6 Å². The van der Waals surface area contributed by atoms with E-state index in [0.29, 0.717) is 22.0 Å². The van der Waals surface area contributed by atoms with Crippen LogP contribution in [0.25, 0.3) is 11.2 Å². The van der Waals surface area contributed by atoms with Crippen LogP contribution in [0.3, 0.4) is 0 Å². The van der Waals surface area contributed by atoms with Gasteiger partial charge in [-0.15, -0.1) is 0 Å². The number of thioether (sulfide) groups is 1. The Hall–Kier alpha value is -2.39. The Labute approximate surface area is 132 Å². The van der Waals surface area contributed by atoms with Gasteiger partial charge < -0.3 is 10.3 Å². The molecule has 0 aliphatic carbocycles. The number of carbonyl (C=O) groups is 1. The lowest BCUT2D eigenvalue weighted by molar-refractivity contribution is -0.113. The maximum atomic E-state index is 11.9. The number of anilines is 1. The molecule has 22 heavy (non-hydrogen) atoms. The van der Waals surface area contributed by atoms with E-state index >= 15 is 0 Å². The van der Waals surface area contributed by atoms with E-state index in [2.05, 4.69) is 30.2 Å². The number of imidazole rings is 1. The maximum absolute atomic E-state index is 11.9. The first-order valence-electron chi connectivity index (χ1n) is 6.10. The van der Waals surface area contributed by atoms with E-state index in [9.17, 15) is 9.59 Å². The average molecular weight is 337 g/mol. The Kier molecular flexibility index (Phi) is 4.07. The highest BCUT2D eigenvalue weighted by Gasteiger charge is 2.10. The van der Waals surface area contributed by atoms with E-state index in [1.165, 1.54) is 12.5 Å². The van der Waals surface area contributed by atoms with E-state index in [1.54, 1.807) is 12.1 Å². The molecule has 112 valence electrons. The van der Waals surface area contributed by atoms with Gasteiger partial charge in [-0.1, -0.05) is 23.4 Å². The number of pyridine rings is 1. The number of H-pyrrole nitrogens is 2. The quantitative estimate of drug-likeness (QED) is 0.377. The summed E-state index contributed by atoms with van der Waals surface area (Å²) in [5.41, 5.74) is 0.706. The van der Waals surface area contributed by atoms with Crippen LogP contribution in [0.15, 0.2) is 34.6 Å². The molecule has 0 saturated heterocycles. The first kappa shape index (κ1) is 14.5. The fourth-order valence-electron chi connectivity index (χ4n) is 1.69. The Morgan fingerprint density at radius 2 is 2.27 bits per heavy atom. The lowest BCUT2D eigenvalue weighted by Gasteiger charge is -2.05. The Morgan fingerprint density at radius 1 is 1.41 bits per heavy atom. The van der Waals surface area contributed by atoms with Gasteiger partial charge in [-0.05, 0) is 12.1 Å². The van der Waals surface area contributed by atoms with Crippen molar-refractivity contribution in [2.75, 3.05) is 11.1 Å². The zero-order chi connectivity index (χ0) is 15.5. The number of halogens is 1. The fraction of sp³-hybridized carbons (Fsp3) is 0.0833. The van der Waals surface area contributed by atoms with Crippen LogP contribution in [0.2, 0.25) is 5.15 Å². The number of rotatable bonds is 4. The molecule has 0 aromatic carbocycles. The van der Waals surface area contributed by atoms with Crippen LogP contribution in [-0.4, -0.2) is 36.6 Å². The van der Waals surface area contributed by atoms with Crippen molar-refractivity contribution in [1.82, 2.24) is 24.9 Å². The molecular formula is C12H9ClN6O2S. The molecule has 1 amide bonds. The summed E-state index contributed by atoms with van der Waals surface area (Å²) in [7, 11) is 0. The lowest BCUT2D eigenvalue weighted by atomic mass is 10.4. The van der Waals surface area contributed by atoms with Gasteiger partial charge in [-0.2, -0.15) is 0 Å². The van der Waals surface area contributed by atoms with Crippen LogP contribution in [0.1, 0.15) is 0 Å². The minimum absolute atomic E-state index is 0.0596. The van der Waals surface area contributed by atoms with Crippen molar-refractivity contribution in [2.24, 2.45) is 0 Å². The number of nitrogens with one attached hydrogen (secondary N) is 3. The number of hydrogen-bond acceptors (Lipinski definition) is 6. The second-order valence-electron chi connectivity index (χ2n) is 4.15. The van der Waals surface area contributed by atoms with Gasteiger partial charge in [0.25, 0.3) is 5.56 Å². The summed E-state index contributed by atoms with van der Waals surface area (Å²) in [5.74, 6) is -0.228. The van der Waals surface area contributed by atoms with Crippen molar-refractivity contribution < 1.29 is 4.79 Å². The van der Waals surface area contributed by atoms with Crippen molar-refractivity contribution in [1.29, 1.82) is 0 Å². The number of aromatic nitrogens is 5. The second-order valence-corrected chi connectivity index (χ2v) is 5.47. The Balaban J connectivity index is 1.67. The molecule has 0 atom stereocenters. The molecule has 0 fully saturated rings. The van der Waals surface area contributed by atoms with Gasteiger partial charge in [0.1, 0.15) is 0 Å². The van der Waals surface area contributed by atoms with Crippen molar-refractivity contribution >= 4 is 46.1 Å². The normalized spacial score (nSPS) is 10.8. The average Bonchev–Trinajstić information content (AvgIpc) is 2.97. The summed E-state index contributed by atoms with van der Waals surface area (Å²) < 4.78 is 0. The van der Waals surface area contributed by atoms with Gasteiger partial charge in [0.05, 0.1) is 17.8 Å². The van der Waals surface area contributed by atoms with E-state index in [-0.39, 0.29) is 22.4 Å². The molecule has 0 radical (unpaired) electrons. The van der Waals surface area contributed by atoms with Gasteiger partial charge in [-0.25, -0.2) is 15.0 Å². The molecule has 0 aliphatic heterocycles.